The molecule has 4 heteroatoms. The topological polar surface area (TPSA) is 46.9 Å². The molecule has 1 N–H and O–H groups in total. The van der Waals surface area contributed by atoms with Crippen LogP contribution in [0.1, 0.15) is 25.5 Å². The van der Waals surface area contributed by atoms with E-state index in [1.165, 1.54) is 0 Å². The number of anilines is 1. The lowest BCUT2D eigenvalue weighted by atomic mass is 10.1. The molecule has 76 valence electrons. The van der Waals surface area contributed by atoms with Crippen molar-refractivity contribution < 1.29 is 0 Å². The third-order valence-electron chi connectivity index (χ3n) is 2.42. The molecule has 0 bridgehead atoms. The van der Waals surface area contributed by atoms with Crippen LogP contribution in [0, 0.1) is 0 Å². The van der Waals surface area contributed by atoms with Gasteiger partial charge in [0, 0.05) is 19.2 Å². The maximum Gasteiger partial charge on any atom is 0.268 e. The molecular weight excluding hydrogens is 178 g/mol. The standard InChI is InChI=1S/C10H15N3O/c1-2-6-13-10(14)7-9-8(12-13)4-3-5-11-9/h7,11H,2-6H2,1H3. The molecule has 0 amide bonds. The van der Waals surface area contributed by atoms with E-state index in [2.05, 4.69) is 10.4 Å². The van der Waals surface area contributed by atoms with Gasteiger partial charge in [-0.2, -0.15) is 5.10 Å². The van der Waals surface area contributed by atoms with Crippen LogP contribution in [0.5, 0.6) is 0 Å². The van der Waals surface area contributed by atoms with Crippen molar-refractivity contribution in [3.63, 3.8) is 0 Å². The zero-order valence-corrected chi connectivity index (χ0v) is 8.42. The summed E-state index contributed by atoms with van der Waals surface area (Å²) >= 11 is 0. The van der Waals surface area contributed by atoms with Crippen LogP contribution in [-0.2, 0) is 13.0 Å². The van der Waals surface area contributed by atoms with E-state index in [-0.39, 0.29) is 5.56 Å². The first kappa shape index (κ1) is 9.24. The monoisotopic (exact) mass is 193 g/mol. The fourth-order valence-corrected chi connectivity index (χ4v) is 1.72. The molecule has 0 saturated heterocycles. The summed E-state index contributed by atoms with van der Waals surface area (Å²) in [6.45, 7) is 3.71. The molecule has 0 aliphatic carbocycles. The maximum atomic E-state index is 11.5. The Morgan fingerprint density at radius 3 is 3.29 bits per heavy atom. The third-order valence-corrected chi connectivity index (χ3v) is 2.42. The van der Waals surface area contributed by atoms with Gasteiger partial charge < -0.3 is 5.32 Å². The van der Waals surface area contributed by atoms with Gasteiger partial charge in [0.2, 0.25) is 0 Å². The second-order valence-electron chi connectivity index (χ2n) is 3.60. The first-order chi connectivity index (χ1) is 6.81. The van der Waals surface area contributed by atoms with Gasteiger partial charge in [-0.1, -0.05) is 6.92 Å². The lowest BCUT2D eigenvalue weighted by Gasteiger charge is -2.17. The molecule has 1 aliphatic rings. The van der Waals surface area contributed by atoms with E-state index in [9.17, 15) is 4.79 Å². The summed E-state index contributed by atoms with van der Waals surface area (Å²) in [6, 6.07) is 1.66. The quantitative estimate of drug-likeness (QED) is 0.762. The Labute approximate surface area is 82.9 Å². The zero-order valence-electron chi connectivity index (χ0n) is 8.42. The van der Waals surface area contributed by atoms with Gasteiger partial charge in [0.25, 0.3) is 5.56 Å². The molecule has 1 aromatic rings. The smallest absolute Gasteiger partial charge is 0.268 e. The number of hydrogen-bond donors (Lipinski definition) is 1. The number of rotatable bonds is 2. The van der Waals surface area contributed by atoms with Crippen LogP contribution in [0.25, 0.3) is 0 Å². The summed E-state index contributed by atoms with van der Waals surface area (Å²) in [5, 5.41) is 7.54. The third kappa shape index (κ3) is 1.64. The Bertz CT molecular complexity index is 383. The summed E-state index contributed by atoms with van der Waals surface area (Å²) in [5.41, 5.74) is 1.96. The van der Waals surface area contributed by atoms with Crippen LogP contribution in [-0.4, -0.2) is 16.3 Å². The number of nitrogens with one attached hydrogen (secondary N) is 1. The normalized spacial score (nSPS) is 14.6. The van der Waals surface area contributed by atoms with Gasteiger partial charge in [-0.05, 0) is 19.3 Å². The molecule has 0 unspecified atom stereocenters. The molecule has 0 saturated carbocycles. The predicted molar refractivity (Wildman–Crippen MR) is 55.6 cm³/mol. The van der Waals surface area contributed by atoms with Gasteiger partial charge in [-0.3, -0.25) is 4.79 Å². The number of aryl methyl sites for hydroxylation is 2. The van der Waals surface area contributed by atoms with Gasteiger partial charge in [-0.25, -0.2) is 4.68 Å². The number of hydrogen-bond acceptors (Lipinski definition) is 3. The minimum Gasteiger partial charge on any atom is -0.383 e. The summed E-state index contributed by atoms with van der Waals surface area (Å²) in [4.78, 5) is 11.5. The SMILES string of the molecule is CCCn1nc2c(cc1=O)NCCC2. The molecule has 2 heterocycles. The van der Waals surface area contributed by atoms with Gasteiger partial charge in [0.05, 0.1) is 11.4 Å². The number of aromatic nitrogens is 2. The van der Waals surface area contributed by atoms with E-state index < -0.39 is 0 Å². The maximum absolute atomic E-state index is 11.5. The van der Waals surface area contributed by atoms with Crippen molar-refractivity contribution in [3.05, 3.63) is 22.1 Å². The summed E-state index contributed by atoms with van der Waals surface area (Å²) in [6.07, 6.45) is 3.02. The highest BCUT2D eigenvalue weighted by Crippen LogP contribution is 2.16. The van der Waals surface area contributed by atoms with Crippen LogP contribution in [0.15, 0.2) is 10.9 Å². The molecule has 0 atom stereocenters. The second-order valence-corrected chi connectivity index (χ2v) is 3.60. The van der Waals surface area contributed by atoms with Gasteiger partial charge in [-0.15, -0.1) is 0 Å². The van der Waals surface area contributed by atoms with E-state index >= 15 is 0 Å². The molecule has 4 nitrogen and oxygen atoms in total. The summed E-state index contributed by atoms with van der Waals surface area (Å²) in [7, 11) is 0. The van der Waals surface area contributed by atoms with Crippen molar-refractivity contribution in [2.24, 2.45) is 0 Å². The van der Waals surface area contributed by atoms with Crippen LogP contribution >= 0.6 is 0 Å². The Morgan fingerprint density at radius 1 is 1.64 bits per heavy atom. The molecule has 14 heavy (non-hydrogen) atoms. The van der Waals surface area contributed by atoms with E-state index in [1.54, 1.807) is 10.7 Å². The lowest BCUT2D eigenvalue weighted by molar-refractivity contribution is 0.550. The van der Waals surface area contributed by atoms with Gasteiger partial charge in [0.15, 0.2) is 0 Å². The first-order valence-electron chi connectivity index (χ1n) is 5.16. The van der Waals surface area contributed by atoms with Gasteiger partial charge in [0.1, 0.15) is 0 Å². The van der Waals surface area contributed by atoms with E-state index in [4.69, 9.17) is 0 Å². The van der Waals surface area contributed by atoms with E-state index in [0.29, 0.717) is 6.54 Å². The van der Waals surface area contributed by atoms with E-state index in [0.717, 1.165) is 37.2 Å². The second kappa shape index (κ2) is 3.82. The minimum absolute atomic E-state index is 0. The van der Waals surface area contributed by atoms with Crippen LogP contribution in [0.3, 0.4) is 0 Å². The molecular formula is C10H15N3O. The molecule has 1 aromatic heterocycles. The Kier molecular flexibility index (Phi) is 2.52. The molecule has 0 spiro atoms. The van der Waals surface area contributed by atoms with Crippen molar-refractivity contribution in [2.75, 3.05) is 11.9 Å². The molecule has 0 aromatic carbocycles. The highest BCUT2D eigenvalue weighted by molar-refractivity contribution is 5.48. The van der Waals surface area contributed by atoms with Gasteiger partial charge >= 0.3 is 0 Å². The Balaban J connectivity index is 2.40. The van der Waals surface area contributed by atoms with Crippen LogP contribution < -0.4 is 10.9 Å². The van der Waals surface area contributed by atoms with Crippen LogP contribution in [0.2, 0.25) is 0 Å². The van der Waals surface area contributed by atoms with Crippen molar-refractivity contribution in [3.8, 4) is 0 Å². The Hall–Kier alpha value is -1.32. The summed E-state index contributed by atoms with van der Waals surface area (Å²) in [5.74, 6) is 0. The highest BCUT2D eigenvalue weighted by atomic mass is 16.1. The fraction of sp³-hybridized carbons (Fsp3) is 0.600. The summed E-state index contributed by atoms with van der Waals surface area (Å²) < 4.78 is 1.56. The number of nitrogens with zero attached hydrogens (tertiary/aromatic N) is 2. The molecule has 2 rings (SSSR count). The fourth-order valence-electron chi connectivity index (χ4n) is 1.72. The van der Waals surface area contributed by atoms with Crippen molar-refractivity contribution in [2.45, 2.75) is 32.7 Å². The predicted octanol–water partition coefficient (Wildman–Crippen LogP) is 1.01. The van der Waals surface area contributed by atoms with E-state index in [1.807, 2.05) is 6.92 Å². The average Bonchev–Trinajstić information content (AvgIpc) is 2.19. The first-order valence-corrected chi connectivity index (χ1v) is 5.16. The van der Waals surface area contributed by atoms with Crippen LogP contribution in [0.4, 0.5) is 5.69 Å². The largest absolute Gasteiger partial charge is 0.383 e. The Morgan fingerprint density at radius 2 is 2.50 bits per heavy atom. The zero-order chi connectivity index (χ0) is 9.97. The van der Waals surface area contributed by atoms with Crippen molar-refractivity contribution in [1.29, 1.82) is 0 Å². The number of fused-ring (bicyclic) bond motifs is 1. The van der Waals surface area contributed by atoms with Crippen molar-refractivity contribution >= 4 is 5.69 Å². The highest BCUT2D eigenvalue weighted by Gasteiger charge is 2.11. The lowest BCUT2D eigenvalue weighted by Crippen LogP contribution is -2.27. The average molecular weight is 193 g/mol. The van der Waals surface area contributed by atoms with Crippen molar-refractivity contribution in [1.82, 2.24) is 9.78 Å². The molecule has 0 fully saturated rings. The molecule has 0 radical (unpaired) electrons. The minimum atomic E-state index is 0. The molecule has 1 aliphatic heterocycles.